The van der Waals surface area contributed by atoms with Gasteiger partial charge in [0.25, 0.3) is 0 Å². The molecule has 10 aromatic rings. The summed E-state index contributed by atoms with van der Waals surface area (Å²) < 4.78 is 12.3. The van der Waals surface area contributed by atoms with Crippen LogP contribution in [0.4, 0.5) is 17.3 Å². The van der Waals surface area contributed by atoms with E-state index in [1.807, 2.05) is 0 Å². The fraction of sp³-hybridized carbons (Fsp3) is 0.214. The monoisotopic (exact) mass is 791 g/mol. The first-order valence-corrected chi connectivity index (χ1v) is 21.9. The Bertz CT molecular complexity index is 3470. The highest BCUT2D eigenvalue weighted by Gasteiger charge is 2.47. The number of aromatic nitrogens is 2. The van der Waals surface area contributed by atoms with Crippen LogP contribution in [0, 0.1) is 0 Å². The third-order valence-electron chi connectivity index (χ3n) is 13.7. The fourth-order valence-electron chi connectivity index (χ4n) is 10.5. The van der Waals surface area contributed by atoms with Crippen LogP contribution in [0.5, 0.6) is 0 Å². The molecule has 5 heterocycles. The summed E-state index contributed by atoms with van der Waals surface area (Å²) in [5.74, 6) is 0.894. The van der Waals surface area contributed by atoms with Crippen molar-refractivity contribution in [1.29, 1.82) is 0 Å². The predicted octanol–water partition coefficient (Wildman–Crippen LogP) is 13.9. The summed E-state index contributed by atoms with van der Waals surface area (Å²) >= 11 is 0. The molecule has 0 radical (unpaired) electrons. The molecule has 0 bridgehead atoms. The van der Waals surface area contributed by atoms with Crippen LogP contribution in [-0.2, 0) is 16.2 Å². The third-order valence-corrected chi connectivity index (χ3v) is 13.7. The number of hydrogen-bond donors (Lipinski definition) is 0. The topological polar surface area (TPSA) is 26.2 Å². The number of hydrogen-bond acceptors (Lipinski definition) is 2. The van der Waals surface area contributed by atoms with Crippen LogP contribution in [0.15, 0.2) is 144 Å². The first kappa shape index (κ1) is 36.4. The van der Waals surface area contributed by atoms with E-state index in [0.29, 0.717) is 0 Å². The van der Waals surface area contributed by atoms with Gasteiger partial charge in [-0.2, -0.15) is 0 Å². The van der Waals surface area contributed by atoms with Crippen molar-refractivity contribution in [3.63, 3.8) is 0 Å². The lowest BCUT2D eigenvalue weighted by atomic mass is 9.45. The predicted molar refractivity (Wildman–Crippen MR) is 260 cm³/mol. The quantitative estimate of drug-likeness (QED) is 0.163. The number of nitrogens with zero attached hydrogens (tertiary/aromatic N) is 3. The zero-order chi connectivity index (χ0) is 41.9. The molecule has 2 aliphatic rings. The molecule has 0 unspecified atom stereocenters. The van der Waals surface area contributed by atoms with Crippen molar-refractivity contribution in [3.8, 4) is 16.8 Å². The molecule has 0 N–H and O–H groups in total. The summed E-state index contributed by atoms with van der Waals surface area (Å²) in [6.07, 6.45) is 0. The molecule has 5 heteroatoms. The second-order valence-corrected chi connectivity index (χ2v) is 20.7. The number of furan rings is 1. The van der Waals surface area contributed by atoms with Crippen LogP contribution < -0.4 is 15.8 Å². The van der Waals surface area contributed by atoms with E-state index in [4.69, 9.17) is 4.42 Å². The lowest BCUT2D eigenvalue weighted by molar-refractivity contribution is 0.589. The van der Waals surface area contributed by atoms with Gasteiger partial charge in [0.15, 0.2) is 0 Å². The van der Waals surface area contributed by atoms with Crippen LogP contribution in [0.25, 0.3) is 71.4 Å². The average molecular weight is 792 g/mol. The largest absolute Gasteiger partial charge is 0.440 e. The van der Waals surface area contributed by atoms with Crippen molar-refractivity contribution in [2.24, 2.45) is 0 Å². The molecule has 61 heavy (non-hydrogen) atoms. The Balaban J connectivity index is 1.27. The van der Waals surface area contributed by atoms with E-state index in [1.54, 1.807) is 0 Å². The van der Waals surface area contributed by atoms with Crippen molar-refractivity contribution in [2.45, 2.75) is 78.6 Å². The van der Waals surface area contributed by atoms with Gasteiger partial charge < -0.3 is 13.5 Å². The number of fused-ring (bicyclic) bond motifs is 12. The molecule has 12 rings (SSSR count). The third kappa shape index (κ3) is 5.07. The maximum Gasteiger partial charge on any atom is 0.337 e. The lowest BCUT2D eigenvalue weighted by Crippen LogP contribution is -2.56. The second kappa shape index (κ2) is 12.1. The van der Waals surface area contributed by atoms with Gasteiger partial charge in [0, 0.05) is 66.1 Å². The number of para-hydroxylation sites is 3. The van der Waals surface area contributed by atoms with Crippen LogP contribution >= 0.6 is 0 Å². The summed E-state index contributed by atoms with van der Waals surface area (Å²) in [5, 5.41) is 6.24. The molecule has 298 valence electrons. The molecule has 2 aliphatic heterocycles. The van der Waals surface area contributed by atoms with E-state index in [1.165, 1.54) is 93.7 Å². The zero-order valence-electron chi connectivity index (χ0n) is 36.6. The Morgan fingerprint density at radius 1 is 0.443 bits per heavy atom. The van der Waals surface area contributed by atoms with Gasteiger partial charge in [0.2, 0.25) is 5.88 Å². The van der Waals surface area contributed by atoms with E-state index >= 15 is 0 Å². The molecule has 0 amide bonds. The van der Waals surface area contributed by atoms with Crippen LogP contribution in [0.1, 0.15) is 79.0 Å². The number of rotatable bonds is 2. The smallest absolute Gasteiger partial charge is 0.337 e. The zero-order valence-corrected chi connectivity index (χ0v) is 36.6. The first-order valence-electron chi connectivity index (χ1n) is 21.9. The van der Waals surface area contributed by atoms with Gasteiger partial charge in [0.05, 0.1) is 11.0 Å². The molecule has 0 fully saturated rings. The highest BCUT2D eigenvalue weighted by atomic mass is 16.4. The van der Waals surface area contributed by atoms with Gasteiger partial charge >= 0.3 is 6.85 Å². The lowest BCUT2D eigenvalue weighted by Gasteiger charge is -2.39. The average Bonchev–Trinajstić information content (AvgIpc) is 3.88. The molecule has 0 saturated heterocycles. The van der Waals surface area contributed by atoms with Crippen molar-refractivity contribution < 1.29 is 4.42 Å². The molecule has 4 nitrogen and oxygen atoms in total. The standard InChI is InChI=1S/C56H50BN3O/c1-54(2,3)33-23-25-37(26-24-33)59-48-30-35(56(7,8)9)27-42-44-29-34(55(4,5)6)28-43-41-31-46-40(38-19-13-15-21-45(38)58(46)36-17-11-10-12-18-36)32-47(41)60(52(43)44)57(50(42)48)51-39-20-14-16-22-49(39)61-53(51)59/h10-32H,1-9H3. The summed E-state index contributed by atoms with van der Waals surface area (Å²) in [6.45, 7) is 20.8. The fourth-order valence-corrected chi connectivity index (χ4v) is 10.5. The van der Waals surface area contributed by atoms with E-state index in [9.17, 15) is 0 Å². The van der Waals surface area contributed by atoms with Gasteiger partial charge in [-0.05, 0) is 111 Å². The van der Waals surface area contributed by atoms with Crippen LogP contribution in [0.2, 0.25) is 0 Å². The minimum Gasteiger partial charge on any atom is -0.440 e. The number of anilines is 3. The maximum absolute atomic E-state index is 7.16. The molecule has 0 aliphatic carbocycles. The first-order chi connectivity index (χ1) is 29.2. The molecule has 7 aromatic carbocycles. The van der Waals surface area contributed by atoms with Gasteiger partial charge in [-0.15, -0.1) is 0 Å². The highest BCUT2D eigenvalue weighted by Crippen LogP contribution is 2.50. The Morgan fingerprint density at radius 2 is 1.05 bits per heavy atom. The van der Waals surface area contributed by atoms with Crippen LogP contribution in [0.3, 0.4) is 0 Å². The van der Waals surface area contributed by atoms with Crippen molar-refractivity contribution in [1.82, 2.24) is 9.05 Å². The maximum atomic E-state index is 7.16. The summed E-state index contributed by atoms with van der Waals surface area (Å²) in [4.78, 5) is 2.43. The van der Waals surface area contributed by atoms with Gasteiger partial charge in [0.1, 0.15) is 5.58 Å². The molecule has 0 saturated carbocycles. The number of benzene rings is 7. The van der Waals surface area contributed by atoms with Crippen molar-refractivity contribution >= 4 is 89.6 Å². The molecule has 3 aromatic heterocycles. The Hall–Kier alpha value is -6.46. The second-order valence-electron chi connectivity index (χ2n) is 20.7. The Morgan fingerprint density at radius 3 is 1.77 bits per heavy atom. The van der Waals surface area contributed by atoms with Crippen molar-refractivity contribution in [2.75, 3.05) is 4.90 Å². The minimum absolute atomic E-state index is 0.0372. The minimum atomic E-state index is -0.129. The van der Waals surface area contributed by atoms with E-state index < -0.39 is 0 Å². The summed E-state index contributed by atoms with van der Waals surface area (Å²) in [6, 6.07) is 52.6. The molecule has 0 spiro atoms. The molecule has 0 atom stereocenters. The SMILES string of the molecule is CC(C)(C)c1ccc(N2c3cc(C(C)(C)C)cc4c3B(c3c2oc2ccccc32)n2c3cc5c6ccccc6n(-c6ccccc6)c5cc3c3cc(C(C)(C)C)cc-4c32)cc1. The van der Waals surface area contributed by atoms with E-state index in [-0.39, 0.29) is 23.1 Å². The van der Waals surface area contributed by atoms with Gasteiger partial charge in [-0.1, -0.05) is 135 Å². The summed E-state index contributed by atoms with van der Waals surface area (Å²) in [7, 11) is 0. The van der Waals surface area contributed by atoms with Gasteiger partial charge in [-0.25, -0.2) is 0 Å². The summed E-state index contributed by atoms with van der Waals surface area (Å²) in [5.41, 5.74) is 18.3. The van der Waals surface area contributed by atoms with E-state index in [2.05, 4.69) is 216 Å². The molecular formula is C56H50BN3O. The normalized spacial score (nSPS) is 13.9. The van der Waals surface area contributed by atoms with Crippen LogP contribution in [-0.4, -0.2) is 15.9 Å². The molecular weight excluding hydrogens is 741 g/mol. The Labute approximate surface area is 358 Å². The highest BCUT2D eigenvalue weighted by molar-refractivity contribution is 6.91. The van der Waals surface area contributed by atoms with Crippen molar-refractivity contribution in [3.05, 3.63) is 156 Å². The Kier molecular flexibility index (Phi) is 7.22. The van der Waals surface area contributed by atoms with E-state index in [0.717, 1.165) is 22.5 Å². The van der Waals surface area contributed by atoms with Gasteiger partial charge in [-0.3, -0.25) is 4.90 Å².